The topological polar surface area (TPSA) is 101 Å². The smallest absolute Gasteiger partial charge is 0.460 e. The fraction of sp³-hybridized carbons (Fsp3) is 0.818. The van der Waals surface area contributed by atoms with Gasteiger partial charge in [-0.3, -0.25) is 4.79 Å². The summed E-state index contributed by atoms with van der Waals surface area (Å²) in [4.78, 5) is 22.2. The van der Waals surface area contributed by atoms with Gasteiger partial charge in [0, 0.05) is 0 Å². The van der Waals surface area contributed by atoms with Crippen LogP contribution in [0.15, 0.2) is 0 Å². The second-order valence-corrected chi connectivity index (χ2v) is 7.95. The maximum absolute atomic E-state index is 13.7. The van der Waals surface area contributed by atoms with Crippen LogP contribution in [0.5, 0.6) is 0 Å². The lowest BCUT2D eigenvalue weighted by atomic mass is 10.1. The van der Waals surface area contributed by atoms with Crippen LogP contribution in [0, 0.1) is 0 Å². The molecule has 1 N–H and O–H groups in total. The van der Waals surface area contributed by atoms with E-state index in [9.17, 15) is 57.5 Å². The van der Waals surface area contributed by atoms with Crippen LogP contribution in [0.1, 0.15) is 20.8 Å². The maximum atomic E-state index is 13.7. The fourth-order valence-corrected chi connectivity index (χ4v) is 2.59. The molecule has 0 atom stereocenters. The largest absolute Gasteiger partial charge is 0.480 e. The second kappa shape index (κ2) is 7.14. The Hall–Kier alpha value is -1.94. The maximum Gasteiger partial charge on any atom is 0.460 e. The third kappa shape index (κ3) is 4.54. The summed E-state index contributed by atoms with van der Waals surface area (Å²) >= 11 is 0. The Morgan fingerprint density at radius 3 is 1.57 bits per heavy atom. The number of nitrogens with zero attached hydrogens (tertiary/aromatic N) is 1. The number of carboxylic acid groups (broad SMARTS) is 1. The van der Waals surface area contributed by atoms with Crippen molar-refractivity contribution in [2.24, 2.45) is 0 Å². The third-order valence-electron chi connectivity index (χ3n) is 2.61. The Kier molecular flexibility index (Phi) is 6.65. The lowest BCUT2D eigenvalue weighted by Gasteiger charge is -2.35. The van der Waals surface area contributed by atoms with Gasteiger partial charge < -0.3 is 9.84 Å². The Balaban J connectivity index is 6.52. The van der Waals surface area contributed by atoms with Gasteiger partial charge in [-0.25, -0.2) is 4.79 Å². The standard InChI is InChI=1S/C11H12F9NO6S/c1-7(2,3)27-6(24)21(4-5(22)23)28(25,26)11(19,20)9(14,15)8(12,13)10(16,17)18/h4H2,1-3H3,(H,22,23). The summed E-state index contributed by atoms with van der Waals surface area (Å²) in [5.41, 5.74) is -1.73. The van der Waals surface area contributed by atoms with Crippen LogP contribution in [0.25, 0.3) is 0 Å². The molecule has 0 fully saturated rings. The van der Waals surface area contributed by atoms with Crippen molar-refractivity contribution in [2.75, 3.05) is 6.54 Å². The lowest BCUT2D eigenvalue weighted by molar-refractivity contribution is -0.382. The highest BCUT2D eigenvalue weighted by Gasteiger charge is 2.86. The second-order valence-electron chi connectivity index (χ2n) is 6.05. The molecule has 7 nitrogen and oxygen atoms in total. The molecule has 0 aliphatic heterocycles. The fourth-order valence-electron chi connectivity index (χ4n) is 1.34. The van der Waals surface area contributed by atoms with Crippen molar-refractivity contribution in [1.29, 1.82) is 0 Å². The Morgan fingerprint density at radius 1 is 0.893 bits per heavy atom. The molecule has 17 heteroatoms. The van der Waals surface area contributed by atoms with E-state index in [-0.39, 0.29) is 0 Å². The average molecular weight is 457 g/mol. The highest BCUT2D eigenvalue weighted by atomic mass is 32.2. The molecule has 0 spiro atoms. The highest BCUT2D eigenvalue weighted by molar-refractivity contribution is 7.90. The molecule has 0 radical (unpaired) electrons. The number of carboxylic acids is 1. The molecule has 0 aromatic heterocycles. The first-order valence-corrected chi connectivity index (χ1v) is 8.04. The third-order valence-corrected chi connectivity index (χ3v) is 4.37. The van der Waals surface area contributed by atoms with E-state index in [2.05, 4.69) is 4.74 Å². The Morgan fingerprint density at radius 2 is 1.29 bits per heavy atom. The van der Waals surface area contributed by atoms with Gasteiger partial charge in [0.15, 0.2) is 0 Å². The van der Waals surface area contributed by atoms with Gasteiger partial charge in [0.05, 0.1) is 0 Å². The van der Waals surface area contributed by atoms with Gasteiger partial charge in [-0.05, 0) is 20.8 Å². The predicted molar refractivity (Wildman–Crippen MR) is 70.4 cm³/mol. The van der Waals surface area contributed by atoms with Crippen LogP contribution >= 0.6 is 0 Å². The lowest BCUT2D eigenvalue weighted by Crippen LogP contribution is -2.66. The van der Waals surface area contributed by atoms with Gasteiger partial charge >= 0.3 is 45.4 Å². The van der Waals surface area contributed by atoms with Gasteiger partial charge in [-0.1, -0.05) is 0 Å². The monoisotopic (exact) mass is 457 g/mol. The van der Waals surface area contributed by atoms with Crippen molar-refractivity contribution < 1.29 is 67.4 Å². The van der Waals surface area contributed by atoms with Crippen molar-refractivity contribution >= 4 is 22.1 Å². The molecule has 0 heterocycles. The van der Waals surface area contributed by atoms with Gasteiger partial charge in [-0.2, -0.15) is 52.2 Å². The van der Waals surface area contributed by atoms with E-state index in [1.807, 2.05) is 0 Å². The molecule has 0 bridgehead atoms. The minimum absolute atomic E-state index is 0.987. The van der Waals surface area contributed by atoms with E-state index >= 15 is 0 Å². The van der Waals surface area contributed by atoms with Crippen LogP contribution in [0.4, 0.5) is 44.3 Å². The molecule has 28 heavy (non-hydrogen) atoms. The number of alkyl halides is 9. The number of sulfonamides is 1. The molecule has 0 rings (SSSR count). The summed E-state index contributed by atoms with van der Waals surface area (Å²) < 4.78 is 142. The predicted octanol–water partition coefficient (Wildman–Crippen LogP) is 3.06. The van der Waals surface area contributed by atoms with E-state index in [1.165, 1.54) is 0 Å². The number of aliphatic carboxylic acids is 1. The zero-order valence-corrected chi connectivity index (χ0v) is 14.8. The normalized spacial score (nSPS) is 14.6. The summed E-state index contributed by atoms with van der Waals surface area (Å²) in [6.07, 6.45) is -9.85. The molecule has 0 saturated heterocycles. The highest BCUT2D eigenvalue weighted by Crippen LogP contribution is 2.55. The summed E-state index contributed by atoms with van der Waals surface area (Å²) in [6, 6.07) is 0. The summed E-state index contributed by atoms with van der Waals surface area (Å²) in [5.74, 6) is -17.6. The van der Waals surface area contributed by atoms with Gasteiger partial charge in [-0.15, -0.1) is 0 Å². The van der Waals surface area contributed by atoms with Crippen molar-refractivity contribution in [3.63, 3.8) is 0 Å². The van der Waals surface area contributed by atoms with Crippen molar-refractivity contribution in [2.45, 2.75) is 49.6 Å². The SMILES string of the molecule is CC(C)(C)OC(=O)N(CC(=O)O)S(=O)(=O)C(F)(F)C(F)(F)C(F)(F)C(F)(F)F. The van der Waals surface area contributed by atoms with Gasteiger partial charge in [0.25, 0.3) is 0 Å². The van der Waals surface area contributed by atoms with E-state index in [0.717, 1.165) is 20.8 Å². The van der Waals surface area contributed by atoms with Crippen molar-refractivity contribution in [3.05, 3.63) is 0 Å². The number of rotatable bonds is 6. The van der Waals surface area contributed by atoms with Crippen LogP contribution in [0.3, 0.4) is 0 Å². The van der Waals surface area contributed by atoms with Crippen LogP contribution in [0.2, 0.25) is 0 Å². The van der Waals surface area contributed by atoms with E-state index in [1.54, 1.807) is 0 Å². The molecule has 0 aliphatic rings. The van der Waals surface area contributed by atoms with Crippen LogP contribution in [-0.4, -0.2) is 65.3 Å². The Labute approximate surface area is 151 Å². The molecule has 0 unspecified atom stereocenters. The molecule has 0 aromatic carbocycles. The number of carbonyl (C=O) groups is 2. The molecular formula is C11H12F9NO6S. The molecule has 1 amide bonds. The minimum atomic E-state index is -7.63. The summed E-state index contributed by atoms with van der Waals surface area (Å²) in [6.45, 7) is 0.629. The van der Waals surface area contributed by atoms with Gasteiger partial charge in [0.2, 0.25) is 0 Å². The number of ether oxygens (including phenoxy) is 1. The number of carbonyl (C=O) groups excluding carboxylic acids is 1. The average Bonchev–Trinajstić information content (AvgIpc) is 2.40. The molecular weight excluding hydrogens is 445 g/mol. The number of hydrogen-bond acceptors (Lipinski definition) is 5. The quantitative estimate of drug-likeness (QED) is 0.616. The zero-order chi connectivity index (χ0) is 23.1. The first-order chi connectivity index (χ1) is 11.9. The number of halogens is 9. The number of amides is 1. The molecule has 0 saturated carbocycles. The van der Waals surface area contributed by atoms with E-state index in [0.29, 0.717) is 0 Å². The van der Waals surface area contributed by atoms with Gasteiger partial charge in [0.1, 0.15) is 12.1 Å². The van der Waals surface area contributed by atoms with E-state index < -0.39 is 61.8 Å². The molecule has 0 aromatic rings. The molecule has 166 valence electrons. The number of hydrogen-bond donors (Lipinski definition) is 1. The molecule has 0 aliphatic carbocycles. The van der Waals surface area contributed by atoms with Crippen LogP contribution in [-0.2, 0) is 19.6 Å². The first-order valence-electron chi connectivity index (χ1n) is 6.60. The summed E-state index contributed by atoms with van der Waals surface area (Å²) in [5, 5.41) is 1.21. The zero-order valence-electron chi connectivity index (χ0n) is 14.0. The minimum Gasteiger partial charge on any atom is -0.480 e. The van der Waals surface area contributed by atoms with Crippen molar-refractivity contribution in [3.8, 4) is 0 Å². The van der Waals surface area contributed by atoms with Crippen LogP contribution < -0.4 is 0 Å². The van der Waals surface area contributed by atoms with E-state index in [4.69, 9.17) is 5.11 Å². The first kappa shape index (κ1) is 26.1. The summed E-state index contributed by atoms with van der Waals surface area (Å²) in [7, 11) is -7.45. The Bertz CT molecular complexity index is 726. The van der Waals surface area contributed by atoms with Crippen molar-refractivity contribution in [1.82, 2.24) is 4.31 Å².